The van der Waals surface area contributed by atoms with Crippen molar-refractivity contribution >= 4 is 39.3 Å². The molecule has 2 amide bonds. The summed E-state index contributed by atoms with van der Waals surface area (Å²) in [6.45, 7) is 3.96. The summed E-state index contributed by atoms with van der Waals surface area (Å²) in [6.07, 6.45) is 5.48. The highest BCUT2D eigenvalue weighted by atomic mass is 79.9. The van der Waals surface area contributed by atoms with Crippen molar-refractivity contribution in [3.63, 3.8) is 0 Å². The summed E-state index contributed by atoms with van der Waals surface area (Å²) in [7, 11) is 0. The van der Waals surface area contributed by atoms with E-state index in [4.69, 9.17) is 16.3 Å². The molecular formula is C25H30BrClN2O3. The highest BCUT2D eigenvalue weighted by Gasteiger charge is 2.28. The highest BCUT2D eigenvalue weighted by molar-refractivity contribution is 9.10. The van der Waals surface area contributed by atoms with Gasteiger partial charge in [0.05, 0.1) is 4.47 Å². The van der Waals surface area contributed by atoms with Gasteiger partial charge in [0.25, 0.3) is 5.91 Å². The van der Waals surface area contributed by atoms with Gasteiger partial charge in [-0.15, -0.1) is 0 Å². The van der Waals surface area contributed by atoms with Crippen LogP contribution in [0.15, 0.2) is 46.9 Å². The van der Waals surface area contributed by atoms with Crippen LogP contribution >= 0.6 is 27.5 Å². The molecule has 3 rings (SSSR count). The van der Waals surface area contributed by atoms with Crippen molar-refractivity contribution in [3.05, 3.63) is 63.1 Å². The molecule has 32 heavy (non-hydrogen) atoms. The van der Waals surface area contributed by atoms with E-state index >= 15 is 0 Å². The molecule has 7 heteroatoms. The number of hydrogen-bond acceptors (Lipinski definition) is 3. The lowest BCUT2D eigenvalue weighted by Crippen LogP contribution is -2.51. The van der Waals surface area contributed by atoms with Gasteiger partial charge in [0.1, 0.15) is 11.8 Å². The Balaban J connectivity index is 1.73. The summed E-state index contributed by atoms with van der Waals surface area (Å²) in [5.41, 5.74) is 2.08. The molecule has 172 valence electrons. The Morgan fingerprint density at radius 2 is 1.91 bits per heavy atom. The van der Waals surface area contributed by atoms with Gasteiger partial charge in [0.15, 0.2) is 6.61 Å². The minimum Gasteiger partial charge on any atom is -0.483 e. The summed E-state index contributed by atoms with van der Waals surface area (Å²) in [5.74, 6) is 0.158. The zero-order chi connectivity index (χ0) is 23.1. The summed E-state index contributed by atoms with van der Waals surface area (Å²) in [4.78, 5) is 27.9. The number of carbonyl (C=O) groups is 2. The van der Waals surface area contributed by atoms with Crippen molar-refractivity contribution in [2.45, 2.75) is 64.6 Å². The Labute approximate surface area is 203 Å². The predicted molar refractivity (Wildman–Crippen MR) is 131 cm³/mol. The van der Waals surface area contributed by atoms with E-state index in [2.05, 4.69) is 21.2 Å². The molecule has 1 fully saturated rings. The lowest BCUT2D eigenvalue weighted by Gasteiger charge is -2.31. The van der Waals surface area contributed by atoms with Gasteiger partial charge >= 0.3 is 0 Å². The molecular weight excluding hydrogens is 492 g/mol. The minimum absolute atomic E-state index is 0.119. The maximum absolute atomic E-state index is 13.2. The third-order valence-electron chi connectivity index (χ3n) is 5.97. The van der Waals surface area contributed by atoms with Gasteiger partial charge in [-0.2, -0.15) is 0 Å². The van der Waals surface area contributed by atoms with Gasteiger partial charge in [-0.1, -0.05) is 55.1 Å². The Morgan fingerprint density at radius 3 is 2.59 bits per heavy atom. The molecule has 1 N–H and O–H groups in total. The SMILES string of the molecule is Cc1ccccc1CN(C(=O)COc1ccc(Cl)cc1Br)[C@@H](C)C(=O)NC1CCCCC1. The van der Waals surface area contributed by atoms with E-state index in [1.165, 1.54) is 6.42 Å². The number of aryl methyl sites for hydroxylation is 1. The van der Waals surface area contributed by atoms with Gasteiger partial charge in [0, 0.05) is 17.6 Å². The van der Waals surface area contributed by atoms with Gasteiger partial charge in [-0.05, 0) is 71.9 Å². The number of nitrogens with zero attached hydrogens (tertiary/aromatic N) is 1. The van der Waals surface area contributed by atoms with Crippen LogP contribution in [0.25, 0.3) is 0 Å². The van der Waals surface area contributed by atoms with E-state index in [1.54, 1.807) is 30.0 Å². The summed E-state index contributed by atoms with van der Waals surface area (Å²) >= 11 is 9.39. The first kappa shape index (κ1) is 24.6. The second-order valence-electron chi connectivity index (χ2n) is 8.33. The van der Waals surface area contributed by atoms with Crippen LogP contribution in [0.3, 0.4) is 0 Å². The number of hydrogen-bond donors (Lipinski definition) is 1. The number of rotatable bonds is 8. The van der Waals surface area contributed by atoms with E-state index in [0.29, 0.717) is 21.8 Å². The Kier molecular flexibility index (Phi) is 9.00. The number of halogens is 2. The largest absolute Gasteiger partial charge is 0.483 e. The molecule has 0 heterocycles. The van der Waals surface area contributed by atoms with E-state index in [1.807, 2.05) is 31.2 Å². The fourth-order valence-electron chi connectivity index (χ4n) is 3.94. The average molecular weight is 522 g/mol. The zero-order valence-electron chi connectivity index (χ0n) is 18.6. The lowest BCUT2D eigenvalue weighted by atomic mass is 9.95. The molecule has 1 aliphatic rings. The Morgan fingerprint density at radius 1 is 1.19 bits per heavy atom. The Bertz CT molecular complexity index is 947. The molecule has 1 aliphatic carbocycles. The molecule has 0 spiro atoms. The van der Waals surface area contributed by atoms with E-state index < -0.39 is 6.04 Å². The van der Waals surface area contributed by atoms with Crippen LogP contribution in [0.1, 0.15) is 50.2 Å². The molecule has 1 atom stereocenters. The number of benzene rings is 2. The number of nitrogens with one attached hydrogen (secondary N) is 1. The summed E-state index contributed by atoms with van der Waals surface area (Å²) < 4.78 is 6.43. The normalized spacial score (nSPS) is 15.1. The first-order valence-corrected chi connectivity index (χ1v) is 12.2. The van der Waals surface area contributed by atoms with Crippen LogP contribution in [-0.4, -0.2) is 35.4 Å². The van der Waals surface area contributed by atoms with Gasteiger partial charge in [-0.25, -0.2) is 0 Å². The van der Waals surface area contributed by atoms with Crippen LogP contribution in [0.2, 0.25) is 5.02 Å². The van der Waals surface area contributed by atoms with Gasteiger partial charge in [0.2, 0.25) is 5.91 Å². The average Bonchev–Trinajstić information content (AvgIpc) is 2.78. The van der Waals surface area contributed by atoms with Crippen LogP contribution < -0.4 is 10.1 Å². The standard InChI is InChI=1S/C25H30BrClN2O3/c1-17-8-6-7-9-19(17)15-29(18(2)25(31)28-21-10-4-3-5-11-21)24(30)16-32-23-13-12-20(27)14-22(23)26/h6-9,12-14,18,21H,3-5,10-11,15-16H2,1-2H3,(H,28,31)/t18-/m0/s1. The Hall–Kier alpha value is -2.05. The second kappa shape index (κ2) is 11.7. The lowest BCUT2D eigenvalue weighted by molar-refractivity contribution is -0.142. The van der Waals surface area contributed by atoms with Crippen molar-refractivity contribution in [1.29, 1.82) is 0 Å². The van der Waals surface area contributed by atoms with E-state index in [0.717, 1.165) is 36.8 Å². The molecule has 0 aromatic heterocycles. The molecule has 1 saturated carbocycles. The topological polar surface area (TPSA) is 58.6 Å². The molecule has 0 radical (unpaired) electrons. The highest BCUT2D eigenvalue weighted by Crippen LogP contribution is 2.28. The summed E-state index contributed by atoms with van der Waals surface area (Å²) in [5, 5.41) is 3.72. The van der Waals surface area contributed by atoms with Crippen molar-refractivity contribution in [2.24, 2.45) is 0 Å². The third-order valence-corrected chi connectivity index (χ3v) is 6.82. The first-order chi connectivity index (χ1) is 15.3. The molecule has 0 saturated heterocycles. The smallest absolute Gasteiger partial charge is 0.261 e. The quantitative estimate of drug-likeness (QED) is 0.488. The monoisotopic (exact) mass is 520 g/mol. The van der Waals surface area contributed by atoms with Crippen molar-refractivity contribution in [2.75, 3.05) is 6.61 Å². The van der Waals surface area contributed by atoms with Crippen LogP contribution in [0.4, 0.5) is 0 Å². The van der Waals surface area contributed by atoms with Crippen LogP contribution in [0.5, 0.6) is 5.75 Å². The maximum Gasteiger partial charge on any atom is 0.261 e. The fourth-order valence-corrected chi connectivity index (χ4v) is 4.73. The van der Waals surface area contributed by atoms with Gasteiger partial charge in [-0.3, -0.25) is 9.59 Å². The van der Waals surface area contributed by atoms with Gasteiger partial charge < -0.3 is 15.0 Å². The van der Waals surface area contributed by atoms with Crippen molar-refractivity contribution in [3.8, 4) is 5.75 Å². The second-order valence-corrected chi connectivity index (χ2v) is 9.62. The fraction of sp³-hybridized carbons (Fsp3) is 0.440. The van der Waals surface area contributed by atoms with Crippen molar-refractivity contribution in [1.82, 2.24) is 10.2 Å². The van der Waals surface area contributed by atoms with E-state index in [-0.39, 0.29) is 24.5 Å². The van der Waals surface area contributed by atoms with Crippen LogP contribution in [-0.2, 0) is 16.1 Å². The molecule has 2 aromatic rings. The number of amides is 2. The molecule has 0 bridgehead atoms. The van der Waals surface area contributed by atoms with Crippen LogP contribution in [0, 0.1) is 6.92 Å². The molecule has 0 aliphatic heterocycles. The molecule has 5 nitrogen and oxygen atoms in total. The zero-order valence-corrected chi connectivity index (χ0v) is 20.9. The number of ether oxygens (including phenoxy) is 1. The first-order valence-electron chi connectivity index (χ1n) is 11.1. The third kappa shape index (κ3) is 6.72. The van der Waals surface area contributed by atoms with E-state index in [9.17, 15) is 9.59 Å². The minimum atomic E-state index is -0.610. The maximum atomic E-state index is 13.2. The van der Waals surface area contributed by atoms with Crippen molar-refractivity contribution < 1.29 is 14.3 Å². The molecule has 2 aromatic carbocycles. The summed E-state index contributed by atoms with van der Waals surface area (Å²) in [6, 6.07) is 12.6. The molecule has 0 unspecified atom stereocenters. The number of carbonyl (C=O) groups excluding carboxylic acids is 2. The predicted octanol–water partition coefficient (Wildman–Crippen LogP) is 5.66.